The maximum absolute atomic E-state index is 12.8. The van der Waals surface area contributed by atoms with Crippen molar-refractivity contribution in [2.45, 2.75) is 31.1 Å². The van der Waals surface area contributed by atoms with Crippen LogP contribution in [0.5, 0.6) is 5.75 Å². The maximum Gasteiger partial charge on any atom is 0.262 e. The van der Waals surface area contributed by atoms with Crippen LogP contribution in [-0.4, -0.2) is 40.1 Å². The molecule has 3 aromatic rings. The van der Waals surface area contributed by atoms with Crippen molar-refractivity contribution >= 4 is 51.7 Å². The van der Waals surface area contributed by atoms with Gasteiger partial charge < -0.3 is 10.1 Å². The second kappa shape index (κ2) is 10.8. The van der Waals surface area contributed by atoms with Gasteiger partial charge in [0.2, 0.25) is 5.91 Å². The molecule has 0 aliphatic carbocycles. The lowest BCUT2D eigenvalue weighted by Gasteiger charge is -2.23. The van der Waals surface area contributed by atoms with E-state index in [1.807, 2.05) is 72.6 Å². The lowest BCUT2D eigenvalue weighted by Crippen LogP contribution is -2.25. The topological polar surface area (TPSA) is 83.4 Å². The number of anilines is 1. The number of amides is 2. The smallest absolute Gasteiger partial charge is 0.262 e. The molecule has 0 fully saturated rings. The summed E-state index contributed by atoms with van der Waals surface area (Å²) in [6.07, 6.45) is 0.655. The fourth-order valence-electron chi connectivity index (χ4n) is 4.23. The second-order valence-electron chi connectivity index (χ2n) is 8.81. The second-order valence-corrected chi connectivity index (χ2v) is 10.4. The number of aryl methyl sites for hydroxylation is 1. The molecule has 9 heteroatoms. The zero-order valence-corrected chi connectivity index (χ0v) is 21.9. The van der Waals surface area contributed by atoms with E-state index >= 15 is 0 Å². The van der Waals surface area contributed by atoms with E-state index in [-0.39, 0.29) is 24.3 Å². The summed E-state index contributed by atoms with van der Waals surface area (Å²) in [6.45, 7) is 1.89. The molecule has 2 aliphatic heterocycles. The number of aliphatic imine (C=N–C) groups is 1. The summed E-state index contributed by atoms with van der Waals surface area (Å²) in [7, 11) is 1.63. The molecule has 2 aliphatic rings. The minimum Gasteiger partial charge on any atom is -0.497 e. The molecule has 5 rings (SSSR count). The summed E-state index contributed by atoms with van der Waals surface area (Å²) >= 11 is 7.44. The number of nitrogens with one attached hydrogen (secondary N) is 1. The van der Waals surface area contributed by atoms with E-state index in [1.54, 1.807) is 19.2 Å². The predicted molar refractivity (Wildman–Crippen MR) is 148 cm³/mol. The normalized spacial score (nSPS) is 19.0. The van der Waals surface area contributed by atoms with Gasteiger partial charge in [0.05, 0.1) is 18.9 Å². The number of thioether (sulfide) groups is 1. The number of hydrogen-bond acceptors (Lipinski definition) is 6. The third-order valence-electron chi connectivity index (χ3n) is 6.27. The summed E-state index contributed by atoms with van der Waals surface area (Å²) in [5, 5.41) is 9.95. The molecule has 37 heavy (non-hydrogen) atoms. The SMILES string of the molecule is COc1ccc([C@H]2CC(c3ccccc3)=NN2C2=NC(=O)[C@@H](CC(=O)Nc3ccc(C)c(Cl)c3)S2)cc1. The zero-order valence-electron chi connectivity index (χ0n) is 20.3. The van der Waals surface area contributed by atoms with E-state index in [9.17, 15) is 9.59 Å². The average molecular weight is 533 g/mol. The van der Waals surface area contributed by atoms with Gasteiger partial charge >= 0.3 is 0 Å². The maximum atomic E-state index is 12.8. The molecule has 0 bridgehead atoms. The van der Waals surface area contributed by atoms with Crippen LogP contribution in [0.25, 0.3) is 0 Å². The number of ether oxygens (including phenoxy) is 1. The van der Waals surface area contributed by atoms with E-state index < -0.39 is 5.25 Å². The Labute approximate surface area is 224 Å². The molecule has 0 spiro atoms. The van der Waals surface area contributed by atoms with Crippen molar-refractivity contribution in [3.05, 3.63) is 94.5 Å². The van der Waals surface area contributed by atoms with Crippen LogP contribution in [0.2, 0.25) is 5.02 Å². The third kappa shape index (κ3) is 5.55. The van der Waals surface area contributed by atoms with E-state index in [0.717, 1.165) is 28.2 Å². The lowest BCUT2D eigenvalue weighted by atomic mass is 9.98. The van der Waals surface area contributed by atoms with Crippen LogP contribution in [0.1, 0.15) is 35.6 Å². The van der Waals surface area contributed by atoms with Crippen LogP contribution in [0, 0.1) is 6.92 Å². The highest BCUT2D eigenvalue weighted by Gasteiger charge is 2.39. The largest absolute Gasteiger partial charge is 0.497 e. The number of nitrogens with zero attached hydrogens (tertiary/aromatic N) is 3. The number of carbonyl (C=O) groups is 2. The van der Waals surface area contributed by atoms with Gasteiger partial charge in [-0.05, 0) is 47.9 Å². The molecule has 2 amide bonds. The highest BCUT2D eigenvalue weighted by Crippen LogP contribution is 2.39. The number of halogens is 1. The number of methoxy groups -OCH3 is 1. The number of rotatable bonds is 6. The Balaban J connectivity index is 1.34. The summed E-state index contributed by atoms with van der Waals surface area (Å²) < 4.78 is 5.31. The molecule has 7 nitrogen and oxygen atoms in total. The Morgan fingerprint density at radius 1 is 1.14 bits per heavy atom. The van der Waals surface area contributed by atoms with Gasteiger partial charge in [0.1, 0.15) is 11.0 Å². The lowest BCUT2D eigenvalue weighted by molar-refractivity contribution is -0.121. The van der Waals surface area contributed by atoms with Gasteiger partial charge in [0.15, 0.2) is 5.17 Å². The van der Waals surface area contributed by atoms with Crippen LogP contribution >= 0.6 is 23.4 Å². The highest BCUT2D eigenvalue weighted by molar-refractivity contribution is 8.15. The van der Waals surface area contributed by atoms with Crippen molar-refractivity contribution in [1.82, 2.24) is 5.01 Å². The van der Waals surface area contributed by atoms with E-state index in [1.165, 1.54) is 11.8 Å². The fourth-order valence-corrected chi connectivity index (χ4v) is 5.47. The summed E-state index contributed by atoms with van der Waals surface area (Å²) in [4.78, 5) is 29.8. The van der Waals surface area contributed by atoms with Crippen molar-refractivity contribution in [3.8, 4) is 5.75 Å². The van der Waals surface area contributed by atoms with Gasteiger partial charge in [-0.1, -0.05) is 71.9 Å². The zero-order chi connectivity index (χ0) is 25.9. The molecule has 2 atom stereocenters. The van der Waals surface area contributed by atoms with E-state index in [0.29, 0.717) is 22.3 Å². The van der Waals surface area contributed by atoms with Gasteiger partial charge in [-0.15, -0.1) is 0 Å². The Bertz CT molecular complexity index is 1390. The van der Waals surface area contributed by atoms with Crippen LogP contribution in [0.15, 0.2) is 82.9 Å². The van der Waals surface area contributed by atoms with Gasteiger partial charge in [-0.3, -0.25) is 9.59 Å². The number of hydrogen-bond donors (Lipinski definition) is 1. The Hall–Kier alpha value is -3.62. The molecule has 1 N–H and O–H groups in total. The van der Waals surface area contributed by atoms with Gasteiger partial charge in [0.25, 0.3) is 5.91 Å². The minimum absolute atomic E-state index is 0.00169. The fraction of sp³-hybridized carbons (Fsp3) is 0.214. The van der Waals surface area contributed by atoms with E-state index in [4.69, 9.17) is 21.4 Å². The Morgan fingerprint density at radius 2 is 1.89 bits per heavy atom. The van der Waals surface area contributed by atoms with Crippen molar-refractivity contribution in [3.63, 3.8) is 0 Å². The standard InChI is InChI=1S/C28H25ClN4O3S/c1-17-8-11-20(14-22(17)29)30-26(34)16-25-27(35)31-28(37-25)33-24(19-9-12-21(36-2)13-10-19)15-23(32-33)18-6-4-3-5-7-18/h3-14,24-25H,15-16H2,1-2H3,(H,30,34)/t24-,25-/m1/s1. The molecule has 3 aromatic carbocycles. The molecule has 0 saturated heterocycles. The third-order valence-corrected chi connectivity index (χ3v) is 7.82. The predicted octanol–water partition coefficient (Wildman–Crippen LogP) is 5.83. The first-order valence-electron chi connectivity index (χ1n) is 11.8. The quantitative estimate of drug-likeness (QED) is 0.431. The molecule has 2 heterocycles. The number of carbonyl (C=O) groups excluding carboxylic acids is 2. The average Bonchev–Trinajstić information content (AvgIpc) is 3.51. The molecule has 0 aromatic heterocycles. The van der Waals surface area contributed by atoms with Gasteiger partial charge in [-0.2, -0.15) is 10.1 Å². The van der Waals surface area contributed by atoms with Crippen LogP contribution in [0.4, 0.5) is 5.69 Å². The highest BCUT2D eigenvalue weighted by atomic mass is 35.5. The summed E-state index contributed by atoms with van der Waals surface area (Å²) in [5.74, 6) is 0.152. The van der Waals surface area contributed by atoms with Crippen molar-refractivity contribution in [2.75, 3.05) is 12.4 Å². The number of benzene rings is 3. The Kier molecular flexibility index (Phi) is 7.30. The molecular weight excluding hydrogens is 508 g/mol. The molecule has 188 valence electrons. The monoisotopic (exact) mass is 532 g/mol. The van der Waals surface area contributed by atoms with Crippen LogP contribution in [0.3, 0.4) is 0 Å². The van der Waals surface area contributed by atoms with Crippen molar-refractivity contribution in [1.29, 1.82) is 0 Å². The molecule has 0 unspecified atom stereocenters. The minimum atomic E-state index is -0.622. The molecular formula is C28H25ClN4O3S. The van der Waals surface area contributed by atoms with Crippen molar-refractivity contribution < 1.29 is 14.3 Å². The molecule has 0 radical (unpaired) electrons. The summed E-state index contributed by atoms with van der Waals surface area (Å²) in [5.41, 5.74) is 4.48. The van der Waals surface area contributed by atoms with Gasteiger partial charge in [-0.25, -0.2) is 5.01 Å². The van der Waals surface area contributed by atoms with Crippen molar-refractivity contribution in [2.24, 2.45) is 10.1 Å². The number of amidine groups is 1. The Morgan fingerprint density at radius 3 is 2.59 bits per heavy atom. The first-order valence-corrected chi connectivity index (χ1v) is 13.1. The van der Waals surface area contributed by atoms with Crippen LogP contribution in [-0.2, 0) is 9.59 Å². The molecule has 0 saturated carbocycles. The summed E-state index contributed by atoms with van der Waals surface area (Å²) in [6, 6.07) is 23.0. The first kappa shape index (κ1) is 25.0. The van der Waals surface area contributed by atoms with E-state index in [2.05, 4.69) is 10.3 Å². The van der Waals surface area contributed by atoms with Gasteiger partial charge in [0, 0.05) is 23.6 Å². The van der Waals surface area contributed by atoms with Crippen LogP contribution < -0.4 is 10.1 Å². The number of hydrazone groups is 1. The first-order chi connectivity index (χ1) is 17.9.